The Morgan fingerprint density at radius 2 is 2.15 bits per heavy atom. The van der Waals surface area contributed by atoms with Crippen molar-refractivity contribution >= 4 is 17.0 Å². The molecule has 1 N–H and O–H groups in total. The zero-order valence-corrected chi connectivity index (χ0v) is 12.3. The fourth-order valence-electron chi connectivity index (χ4n) is 2.13. The molecule has 2 aromatic heterocycles. The second kappa shape index (κ2) is 5.51. The molecule has 3 nitrogen and oxygen atoms in total. The highest BCUT2D eigenvalue weighted by Crippen LogP contribution is 2.28. The van der Waals surface area contributed by atoms with E-state index in [4.69, 9.17) is 4.42 Å². The summed E-state index contributed by atoms with van der Waals surface area (Å²) in [5, 5.41) is 3.52. The molecule has 3 rings (SSSR count). The van der Waals surface area contributed by atoms with E-state index in [9.17, 15) is 0 Å². The summed E-state index contributed by atoms with van der Waals surface area (Å²) in [7, 11) is 0. The first-order valence-electron chi connectivity index (χ1n) is 6.54. The third-order valence-electron chi connectivity index (χ3n) is 3.15. The van der Waals surface area contributed by atoms with Gasteiger partial charge in [-0.15, -0.1) is 11.3 Å². The number of thiophene rings is 1. The second-order valence-electron chi connectivity index (χ2n) is 4.76. The summed E-state index contributed by atoms with van der Waals surface area (Å²) in [6.07, 6.45) is 3.18. The third-order valence-corrected chi connectivity index (χ3v) is 4.33. The minimum absolute atomic E-state index is 0.290. The molecule has 4 heteroatoms. The van der Waals surface area contributed by atoms with Gasteiger partial charge in [-0.1, -0.05) is 12.1 Å². The average molecular weight is 284 g/mol. The molecule has 0 saturated heterocycles. The van der Waals surface area contributed by atoms with Gasteiger partial charge in [-0.3, -0.25) is 0 Å². The van der Waals surface area contributed by atoms with Crippen LogP contribution >= 0.6 is 11.3 Å². The zero-order chi connectivity index (χ0) is 13.9. The summed E-state index contributed by atoms with van der Waals surface area (Å²) in [5.41, 5.74) is 2.11. The number of anilines is 1. The van der Waals surface area contributed by atoms with Crippen LogP contribution in [0.4, 0.5) is 5.69 Å². The maximum Gasteiger partial charge on any atom is 0.181 e. The van der Waals surface area contributed by atoms with E-state index in [0.717, 1.165) is 17.0 Å². The highest BCUT2D eigenvalue weighted by molar-refractivity contribution is 7.12. The maximum absolute atomic E-state index is 5.33. The molecule has 0 saturated carbocycles. The van der Waals surface area contributed by atoms with Crippen molar-refractivity contribution in [1.82, 2.24) is 4.98 Å². The third kappa shape index (κ3) is 2.75. The number of aryl methyl sites for hydroxylation is 1. The quantitative estimate of drug-likeness (QED) is 0.741. The zero-order valence-electron chi connectivity index (χ0n) is 11.5. The van der Waals surface area contributed by atoms with Gasteiger partial charge in [0.1, 0.15) is 0 Å². The van der Waals surface area contributed by atoms with Crippen molar-refractivity contribution in [2.45, 2.75) is 19.9 Å². The van der Waals surface area contributed by atoms with Gasteiger partial charge in [0.05, 0.1) is 12.2 Å². The van der Waals surface area contributed by atoms with Crippen molar-refractivity contribution in [1.29, 1.82) is 0 Å². The Morgan fingerprint density at radius 1 is 1.25 bits per heavy atom. The van der Waals surface area contributed by atoms with Crippen LogP contribution in [0.15, 0.2) is 53.4 Å². The molecule has 3 aromatic rings. The molecule has 0 aliphatic carbocycles. The summed E-state index contributed by atoms with van der Waals surface area (Å²) in [6.45, 7) is 4.30. The van der Waals surface area contributed by atoms with E-state index in [1.165, 1.54) is 16.1 Å². The van der Waals surface area contributed by atoms with Crippen LogP contribution in [-0.4, -0.2) is 4.98 Å². The molecule has 0 spiro atoms. The van der Waals surface area contributed by atoms with E-state index in [2.05, 4.69) is 48.4 Å². The second-order valence-corrected chi connectivity index (χ2v) is 6.08. The van der Waals surface area contributed by atoms with Crippen molar-refractivity contribution < 1.29 is 4.42 Å². The molecule has 2 heterocycles. The van der Waals surface area contributed by atoms with Crippen LogP contribution in [0.25, 0.3) is 11.3 Å². The fraction of sp³-hybridized carbons (Fsp3) is 0.188. The first-order chi connectivity index (χ1) is 9.72. The summed E-state index contributed by atoms with van der Waals surface area (Å²) in [6, 6.07) is 12.8. The Kier molecular flexibility index (Phi) is 3.56. The Balaban J connectivity index is 1.79. The van der Waals surface area contributed by atoms with Crippen molar-refractivity contribution in [2.24, 2.45) is 0 Å². The molecule has 0 radical (unpaired) electrons. The van der Waals surface area contributed by atoms with Gasteiger partial charge in [0.15, 0.2) is 12.2 Å². The smallest absolute Gasteiger partial charge is 0.181 e. The Morgan fingerprint density at radius 3 is 2.85 bits per heavy atom. The van der Waals surface area contributed by atoms with Gasteiger partial charge in [-0.05, 0) is 38.1 Å². The molecule has 1 atom stereocenters. The van der Waals surface area contributed by atoms with Crippen LogP contribution in [0.3, 0.4) is 0 Å². The molecule has 102 valence electrons. The van der Waals surface area contributed by atoms with Crippen molar-refractivity contribution in [2.75, 3.05) is 5.32 Å². The number of rotatable bonds is 4. The topological polar surface area (TPSA) is 38.1 Å². The van der Waals surface area contributed by atoms with Gasteiger partial charge >= 0.3 is 0 Å². The minimum Gasteiger partial charge on any atom is -0.444 e. The number of benzene rings is 1. The largest absolute Gasteiger partial charge is 0.444 e. The number of nitrogens with zero attached hydrogens (tertiary/aromatic N) is 1. The van der Waals surface area contributed by atoms with E-state index in [0.29, 0.717) is 6.04 Å². The van der Waals surface area contributed by atoms with Gasteiger partial charge in [-0.25, -0.2) is 4.98 Å². The monoisotopic (exact) mass is 284 g/mol. The summed E-state index contributed by atoms with van der Waals surface area (Å²) < 4.78 is 5.33. The van der Waals surface area contributed by atoms with Gasteiger partial charge in [0.2, 0.25) is 0 Å². The summed E-state index contributed by atoms with van der Waals surface area (Å²) >= 11 is 1.83. The van der Waals surface area contributed by atoms with E-state index in [1.807, 2.05) is 23.5 Å². The van der Waals surface area contributed by atoms with Gasteiger partial charge < -0.3 is 9.73 Å². The fourth-order valence-corrected chi connectivity index (χ4v) is 3.01. The molecular formula is C16H16N2OS. The molecule has 20 heavy (non-hydrogen) atoms. The summed E-state index contributed by atoms with van der Waals surface area (Å²) in [4.78, 5) is 6.63. The lowest BCUT2D eigenvalue weighted by Crippen LogP contribution is -2.04. The van der Waals surface area contributed by atoms with Crippen LogP contribution in [0.2, 0.25) is 0 Å². The molecule has 0 aliphatic heterocycles. The number of aromatic nitrogens is 1. The molecule has 0 bridgehead atoms. The number of oxazole rings is 1. The molecule has 1 aromatic carbocycles. The first-order valence-corrected chi connectivity index (χ1v) is 7.36. The minimum atomic E-state index is 0.290. The Bertz CT molecular complexity index is 688. The van der Waals surface area contributed by atoms with Crippen molar-refractivity contribution in [3.05, 3.63) is 58.7 Å². The number of hydrogen-bond donors (Lipinski definition) is 1. The van der Waals surface area contributed by atoms with Gasteiger partial charge in [0, 0.05) is 21.0 Å². The predicted molar refractivity (Wildman–Crippen MR) is 83.0 cm³/mol. The predicted octanol–water partition coefficient (Wildman–Crippen LogP) is 4.88. The van der Waals surface area contributed by atoms with Crippen LogP contribution in [0.5, 0.6) is 0 Å². The maximum atomic E-state index is 5.33. The molecule has 0 fully saturated rings. The van der Waals surface area contributed by atoms with Crippen molar-refractivity contribution in [3.8, 4) is 11.3 Å². The van der Waals surface area contributed by atoms with Gasteiger partial charge in [-0.2, -0.15) is 0 Å². The van der Waals surface area contributed by atoms with E-state index < -0.39 is 0 Å². The van der Waals surface area contributed by atoms with E-state index in [1.54, 1.807) is 6.20 Å². The highest BCUT2D eigenvalue weighted by Gasteiger charge is 2.08. The SMILES string of the molecule is Cc1ccc(C(C)Nc2cccc(-c3cnco3)c2)s1. The molecule has 1 unspecified atom stereocenters. The van der Waals surface area contributed by atoms with Crippen LogP contribution in [0.1, 0.15) is 22.7 Å². The van der Waals surface area contributed by atoms with Gasteiger partial charge in [0.25, 0.3) is 0 Å². The first kappa shape index (κ1) is 12.9. The standard InChI is InChI=1S/C16H16N2OS/c1-11-6-7-16(20-11)12(2)18-14-5-3-4-13(8-14)15-9-17-10-19-15/h3-10,12,18H,1-2H3. The number of hydrogen-bond acceptors (Lipinski definition) is 4. The van der Waals surface area contributed by atoms with Crippen LogP contribution in [-0.2, 0) is 0 Å². The van der Waals surface area contributed by atoms with E-state index in [-0.39, 0.29) is 0 Å². The molecule has 0 aliphatic rings. The molecule has 0 amide bonds. The molecular weight excluding hydrogens is 268 g/mol. The van der Waals surface area contributed by atoms with Crippen molar-refractivity contribution in [3.63, 3.8) is 0 Å². The van der Waals surface area contributed by atoms with Crippen LogP contribution in [0, 0.1) is 6.92 Å². The average Bonchev–Trinajstić information content (AvgIpc) is 3.10. The highest BCUT2D eigenvalue weighted by atomic mass is 32.1. The lowest BCUT2D eigenvalue weighted by molar-refractivity contribution is 0.572. The number of nitrogens with one attached hydrogen (secondary N) is 1. The lowest BCUT2D eigenvalue weighted by Gasteiger charge is -2.14. The Labute approximate surface area is 122 Å². The normalized spacial score (nSPS) is 12.3. The Hall–Kier alpha value is -2.07. The lowest BCUT2D eigenvalue weighted by atomic mass is 10.1. The van der Waals surface area contributed by atoms with Crippen LogP contribution < -0.4 is 5.32 Å². The van der Waals surface area contributed by atoms with E-state index >= 15 is 0 Å². The summed E-state index contributed by atoms with van der Waals surface area (Å²) in [5.74, 6) is 0.785.